The average Bonchev–Trinajstić information content (AvgIpc) is 3.00. The zero-order valence-corrected chi connectivity index (χ0v) is 11.2. The van der Waals surface area contributed by atoms with Gasteiger partial charge in [0.25, 0.3) is 0 Å². The second-order valence-electron chi connectivity index (χ2n) is 5.03. The third-order valence-corrected chi connectivity index (χ3v) is 3.67. The summed E-state index contributed by atoms with van der Waals surface area (Å²) >= 11 is 0. The van der Waals surface area contributed by atoms with Crippen molar-refractivity contribution in [2.45, 2.75) is 38.9 Å². The van der Waals surface area contributed by atoms with Crippen LogP contribution in [0.3, 0.4) is 0 Å². The Kier molecular flexibility index (Phi) is 3.48. The number of nitrogens with one attached hydrogen (secondary N) is 1. The first-order valence-electron chi connectivity index (χ1n) is 6.75. The Balaban J connectivity index is 1.72. The molecule has 4 nitrogen and oxygen atoms in total. The number of hydrogen-bond acceptors (Lipinski definition) is 3. The molecular formula is C14H16F2N4. The van der Waals surface area contributed by atoms with Crippen LogP contribution >= 0.6 is 0 Å². The van der Waals surface area contributed by atoms with E-state index in [4.69, 9.17) is 0 Å². The molecule has 0 unspecified atom stereocenters. The number of nitrogens with zero attached hydrogens (tertiary/aromatic N) is 3. The van der Waals surface area contributed by atoms with Gasteiger partial charge in [0, 0.05) is 25.1 Å². The topological polar surface area (TPSA) is 42.7 Å². The maximum absolute atomic E-state index is 13.5. The van der Waals surface area contributed by atoms with Gasteiger partial charge in [-0.25, -0.2) is 8.78 Å². The Hall–Kier alpha value is -1.82. The van der Waals surface area contributed by atoms with Crippen molar-refractivity contribution < 1.29 is 8.78 Å². The number of benzene rings is 1. The van der Waals surface area contributed by atoms with E-state index in [1.54, 1.807) is 0 Å². The molecular weight excluding hydrogens is 262 g/mol. The first-order chi connectivity index (χ1) is 9.66. The molecule has 0 saturated carbocycles. The molecule has 0 bridgehead atoms. The van der Waals surface area contributed by atoms with Gasteiger partial charge in [-0.1, -0.05) is 6.07 Å². The van der Waals surface area contributed by atoms with Crippen LogP contribution in [0.15, 0.2) is 18.2 Å². The third kappa shape index (κ3) is 2.31. The minimum atomic E-state index is -0.531. The van der Waals surface area contributed by atoms with E-state index in [0.29, 0.717) is 0 Å². The number of hydrogen-bond donors (Lipinski definition) is 1. The van der Waals surface area contributed by atoms with E-state index >= 15 is 0 Å². The van der Waals surface area contributed by atoms with Gasteiger partial charge in [0.1, 0.15) is 23.3 Å². The predicted molar refractivity (Wildman–Crippen MR) is 70.0 cm³/mol. The van der Waals surface area contributed by atoms with Crippen molar-refractivity contribution in [1.82, 2.24) is 20.1 Å². The number of halogens is 2. The summed E-state index contributed by atoms with van der Waals surface area (Å²) in [7, 11) is 0. The van der Waals surface area contributed by atoms with Gasteiger partial charge >= 0.3 is 0 Å². The quantitative estimate of drug-likeness (QED) is 0.933. The summed E-state index contributed by atoms with van der Waals surface area (Å²) in [4.78, 5) is 0. The van der Waals surface area contributed by atoms with Gasteiger partial charge in [-0.2, -0.15) is 0 Å². The highest BCUT2D eigenvalue weighted by Gasteiger charge is 2.21. The highest BCUT2D eigenvalue weighted by molar-refractivity contribution is 5.19. The lowest BCUT2D eigenvalue weighted by Crippen LogP contribution is -2.22. The Morgan fingerprint density at radius 1 is 1.30 bits per heavy atom. The minimum absolute atomic E-state index is 0.0560. The van der Waals surface area contributed by atoms with Crippen molar-refractivity contribution in [2.75, 3.05) is 0 Å². The number of fused-ring (bicyclic) bond motifs is 1. The van der Waals surface area contributed by atoms with Crippen LogP contribution in [0, 0.1) is 11.6 Å². The summed E-state index contributed by atoms with van der Waals surface area (Å²) in [5, 5.41) is 11.4. The van der Waals surface area contributed by atoms with Crippen LogP contribution in [0.5, 0.6) is 0 Å². The van der Waals surface area contributed by atoms with Crippen molar-refractivity contribution in [3.05, 3.63) is 47.0 Å². The molecule has 1 aromatic carbocycles. The molecule has 1 atom stereocenters. The maximum Gasteiger partial charge on any atom is 0.149 e. The second kappa shape index (κ2) is 5.28. The van der Waals surface area contributed by atoms with E-state index < -0.39 is 11.6 Å². The van der Waals surface area contributed by atoms with Crippen LogP contribution in [-0.4, -0.2) is 14.8 Å². The molecule has 0 saturated heterocycles. The predicted octanol–water partition coefficient (Wildman–Crippen LogP) is 2.35. The van der Waals surface area contributed by atoms with Crippen LogP contribution in [0.25, 0.3) is 0 Å². The third-order valence-electron chi connectivity index (χ3n) is 3.67. The molecule has 2 aromatic rings. The summed E-state index contributed by atoms with van der Waals surface area (Å²) in [6.45, 7) is 2.97. The van der Waals surface area contributed by atoms with E-state index in [-0.39, 0.29) is 18.2 Å². The van der Waals surface area contributed by atoms with Crippen molar-refractivity contribution in [2.24, 2.45) is 0 Å². The first-order valence-corrected chi connectivity index (χ1v) is 6.75. The fourth-order valence-electron chi connectivity index (χ4n) is 2.54. The van der Waals surface area contributed by atoms with Crippen LogP contribution in [0.1, 0.15) is 36.6 Å². The van der Waals surface area contributed by atoms with E-state index in [9.17, 15) is 8.78 Å². The lowest BCUT2D eigenvalue weighted by molar-refractivity contribution is 0.484. The Bertz CT molecular complexity index is 603. The molecule has 1 aromatic heterocycles. The smallest absolute Gasteiger partial charge is 0.149 e. The second-order valence-corrected chi connectivity index (χ2v) is 5.03. The molecule has 0 aliphatic carbocycles. The molecule has 2 heterocycles. The highest BCUT2D eigenvalue weighted by atomic mass is 19.1. The zero-order valence-electron chi connectivity index (χ0n) is 11.2. The molecule has 20 heavy (non-hydrogen) atoms. The Morgan fingerprint density at radius 3 is 2.80 bits per heavy atom. The van der Waals surface area contributed by atoms with Gasteiger partial charge in [0.05, 0.1) is 6.04 Å². The average molecular weight is 278 g/mol. The SMILES string of the molecule is C[C@H](NCc1c(F)cccc1F)c1nnc2n1CCC2. The van der Waals surface area contributed by atoms with E-state index in [1.807, 2.05) is 6.92 Å². The number of aromatic nitrogens is 3. The van der Waals surface area contributed by atoms with Gasteiger partial charge in [-0.3, -0.25) is 0 Å². The van der Waals surface area contributed by atoms with Crippen LogP contribution in [-0.2, 0) is 19.5 Å². The highest BCUT2D eigenvalue weighted by Crippen LogP contribution is 2.20. The molecule has 0 amide bonds. The molecule has 6 heteroatoms. The standard InChI is InChI=1S/C14H16F2N4/c1-9(14-19-18-13-6-3-7-20(13)14)17-8-10-11(15)4-2-5-12(10)16/h2,4-5,9,17H,3,6-8H2,1H3/t9-/m0/s1. The van der Waals surface area contributed by atoms with Gasteiger partial charge in [0.2, 0.25) is 0 Å². The number of rotatable bonds is 4. The van der Waals surface area contributed by atoms with Crippen molar-refractivity contribution in [3.63, 3.8) is 0 Å². The molecule has 1 N–H and O–H groups in total. The van der Waals surface area contributed by atoms with Crippen molar-refractivity contribution in [1.29, 1.82) is 0 Å². The molecule has 0 radical (unpaired) electrons. The summed E-state index contributed by atoms with van der Waals surface area (Å²) in [6.07, 6.45) is 2.02. The summed E-state index contributed by atoms with van der Waals surface area (Å²) in [5.41, 5.74) is 0.0560. The normalized spacial score (nSPS) is 15.3. The van der Waals surface area contributed by atoms with Crippen molar-refractivity contribution in [3.8, 4) is 0 Å². The Morgan fingerprint density at radius 2 is 2.05 bits per heavy atom. The Labute approximate surface area is 115 Å². The molecule has 1 aliphatic heterocycles. The fourth-order valence-corrected chi connectivity index (χ4v) is 2.54. The minimum Gasteiger partial charge on any atom is -0.314 e. The van der Waals surface area contributed by atoms with Gasteiger partial charge in [-0.15, -0.1) is 10.2 Å². The fraction of sp³-hybridized carbons (Fsp3) is 0.429. The molecule has 0 fully saturated rings. The summed E-state index contributed by atoms with van der Waals surface area (Å²) in [5.74, 6) is 0.757. The summed E-state index contributed by atoms with van der Waals surface area (Å²) in [6, 6.07) is 3.79. The zero-order chi connectivity index (χ0) is 14.1. The van der Waals surface area contributed by atoms with E-state index in [0.717, 1.165) is 31.0 Å². The first kappa shape index (κ1) is 13.2. The summed E-state index contributed by atoms with van der Waals surface area (Å²) < 4.78 is 29.2. The largest absolute Gasteiger partial charge is 0.314 e. The molecule has 106 valence electrons. The van der Waals surface area contributed by atoms with E-state index in [1.165, 1.54) is 18.2 Å². The van der Waals surface area contributed by atoms with E-state index in [2.05, 4.69) is 20.1 Å². The molecule has 0 spiro atoms. The van der Waals surface area contributed by atoms with Gasteiger partial charge in [-0.05, 0) is 25.5 Å². The lowest BCUT2D eigenvalue weighted by Gasteiger charge is -2.14. The van der Waals surface area contributed by atoms with Crippen LogP contribution in [0.2, 0.25) is 0 Å². The number of aryl methyl sites for hydroxylation is 1. The van der Waals surface area contributed by atoms with Crippen molar-refractivity contribution >= 4 is 0 Å². The monoisotopic (exact) mass is 278 g/mol. The van der Waals surface area contributed by atoms with Crippen LogP contribution in [0.4, 0.5) is 8.78 Å². The molecule has 1 aliphatic rings. The maximum atomic E-state index is 13.5. The molecule has 3 rings (SSSR count). The van der Waals surface area contributed by atoms with Gasteiger partial charge in [0.15, 0.2) is 0 Å². The van der Waals surface area contributed by atoms with Gasteiger partial charge < -0.3 is 9.88 Å². The lowest BCUT2D eigenvalue weighted by atomic mass is 10.2. The van der Waals surface area contributed by atoms with Crippen LogP contribution < -0.4 is 5.32 Å².